The quantitative estimate of drug-likeness (QED) is 0.616. The highest BCUT2D eigenvalue weighted by Gasteiger charge is 2.28. The fourth-order valence-electron chi connectivity index (χ4n) is 1.93. The van der Waals surface area contributed by atoms with Gasteiger partial charge in [-0.25, -0.2) is 9.67 Å². The molecule has 0 atom stereocenters. The van der Waals surface area contributed by atoms with E-state index in [1.54, 1.807) is 35.5 Å². The molecule has 2 rings (SSSR count). The summed E-state index contributed by atoms with van der Waals surface area (Å²) in [4.78, 5) is 14.9. The third-order valence-electron chi connectivity index (χ3n) is 2.75. The van der Waals surface area contributed by atoms with Crippen molar-refractivity contribution in [1.29, 1.82) is 0 Å². The standard InChI is InChI=1S/C11H15N5O2/c1-7(2)15-11(14-6-5-12-9(14)4)10(16(17)18)8(3)13-15/h5-7H,1-4H3. The molecule has 0 radical (unpaired) electrons. The monoisotopic (exact) mass is 249 g/mol. The van der Waals surface area contributed by atoms with Gasteiger partial charge in [-0.2, -0.15) is 5.10 Å². The average Bonchev–Trinajstić information content (AvgIpc) is 2.81. The van der Waals surface area contributed by atoms with E-state index in [2.05, 4.69) is 10.1 Å². The number of aromatic nitrogens is 4. The summed E-state index contributed by atoms with van der Waals surface area (Å²) in [6, 6.07) is 0.0363. The summed E-state index contributed by atoms with van der Waals surface area (Å²) in [6.45, 7) is 7.32. The van der Waals surface area contributed by atoms with Crippen LogP contribution in [0.4, 0.5) is 5.69 Å². The van der Waals surface area contributed by atoms with E-state index in [9.17, 15) is 10.1 Å². The Balaban J connectivity index is 2.78. The van der Waals surface area contributed by atoms with Crippen molar-refractivity contribution in [2.75, 3.05) is 0 Å². The first-order chi connectivity index (χ1) is 8.43. The number of hydrogen-bond donors (Lipinski definition) is 0. The van der Waals surface area contributed by atoms with Crippen LogP contribution < -0.4 is 0 Å². The molecule has 7 heteroatoms. The van der Waals surface area contributed by atoms with Gasteiger partial charge < -0.3 is 0 Å². The van der Waals surface area contributed by atoms with Crippen LogP contribution in [0.2, 0.25) is 0 Å². The molecule has 0 spiro atoms. The van der Waals surface area contributed by atoms with Gasteiger partial charge in [-0.15, -0.1) is 0 Å². The molecule has 0 fully saturated rings. The van der Waals surface area contributed by atoms with Crippen LogP contribution in [0.15, 0.2) is 12.4 Å². The molecule has 0 N–H and O–H groups in total. The number of nitro groups is 1. The van der Waals surface area contributed by atoms with Crippen LogP contribution in [0, 0.1) is 24.0 Å². The second-order valence-corrected chi connectivity index (χ2v) is 4.40. The topological polar surface area (TPSA) is 78.8 Å². The van der Waals surface area contributed by atoms with Gasteiger partial charge in [-0.3, -0.25) is 14.7 Å². The van der Waals surface area contributed by atoms with E-state index >= 15 is 0 Å². The zero-order valence-electron chi connectivity index (χ0n) is 10.8. The van der Waals surface area contributed by atoms with Gasteiger partial charge in [0.05, 0.1) is 4.92 Å². The fraction of sp³-hybridized carbons (Fsp3) is 0.455. The van der Waals surface area contributed by atoms with Crippen molar-refractivity contribution in [2.24, 2.45) is 0 Å². The van der Waals surface area contributed by atoms with Crippen LogP contribution in [-0.4, -0.2) is 24.3 Å². The smallest absolute Gasteiger partial charge is 0.283 e. The van der Waals surface area contributed by atoms with Gasteiger partial charge >= 0.3 is 5.69 Å². The van der Waals surface area contributed by atoms with Gasteiger partial charge in [0, 0.05) is 18.4 Å². The Labute approximate surface area is 104 Å². The molecule has 0 saturated carbocycles. The minimum Gasteiger partial charge on any atom is -0.283 e. The second kappa shape index (κ2) is 4.25. The number of rotatable bonds is 3. The molecule has 0 aliphatic carbocycles. The molecule has 96 valence electrons. The first-order valence-electron chi connectivity index (χ1n) is 5.67. The van der Waals surface area contributed by atoms with Crippen LogP contribution in [0.3, 0.4) is 0 Å². The van der Waals surface area contributed by atoms with Crippen molar-refractivity contribution in [3.05, 3.63) is 34.0 Å². The average molecular weight is 249 g/mol. The molecule has 0 aliphatic rings. The Morgan fingerprint density at radius 2 is 2.06 bits per heavy atom. The summed E-state index contributed by atoms with van der Waals surface area (Å²) in [7, 11) is 0. The maximum absolute atomic E-state index is 11.2. The van der Waals surface area contributed by atoms with Gasteiger partial charge in [-0.1, -0.05) is 0 Å². The highest BCUT2D eigenvalue weighted by Crippen LogP contribution is 2.29. The molecular weight excluding hydrogens is 234 g/mol. The predicted octanol–water partition coefficient (Wildman–Crippen LogP) is 2.17. The van der Waals surface area contributed by atoms with Crippen molar-refractivity contribution in [3.8, 4) is 5.82 Å². The van der Waals surface area contributed by atoms with E-state index in [0.29, 0.717) is 17.3 Å². The van der Waals surface area contributed by atoms with Gasteiger partial charge in [-0.05, 0) is 27.7 Å². The third-order valence-corrected chi connectivity index (χ3v) is 2.75. The molecule has 7 nitrogen and oxygen atoms in total. The number of hydrogen-bond acceptors (Lipinski definition) is 4. The number of aryl methyl sites for hydroxylation is 2. The Morgan fingerprint density at radius 1 is 1.39 bits per heavy atom. The molecule has 0 aromatic carbocycles. The van der Waals surface area contributed by atoms with E-state index in [4.69, 9.17) is 0 Å². The summed E-state index contributed by atoms with van der Waals surface area (Å²) in [5, 5.41) is 15.5. The minimum atomic E-state index is -0.393. The molecular formula is C11H15N5O2. The van der Waals surface area contributed by atoms with Crippen LogP contribution in [-0.2, 0) is 0 Å². The summed E-state index contributed by atoms with van der Waals surface area (Å²) in [6.07, 6.45) is 3.32. The maximum Gasteiger partial charge on any atom is 0.334 e. The lowest BCUT2D eigenvalue weighted by Gasteiger charge is -2.11. The molecule has 0 bridgehead atoms. The Hall–Kier alpha value is -2.18. The van der Waals surface area contributed by atoms with Crippen LogP contribution >= 0.6 is 0 Å². The summed E-state index contributed by atoms with van der Waals surface area (Å²) in [5.41, 5.74) is 0.446. The first kappa shape index (κ1) is 12.3. The molecule has 2 aromatic heterocycles. The second-order valence-electron chi connectivity index (χ2n) is 4.40. The molecule has 0 aliphatic heterocycles. The molecule has 2 heterocycles. The zero-order valence-corrected chi connectivity index (χ0v) is 10.8. The van der Waals surface area contributed by atoms with E-state index in [0.717, 1.165) is 0 Å². The zero-order chi connectivity index (χ0) is 13.4. The third kappa shape index (κ3) is 1.77. The molecule has 2 aromatic rings. The summed E-state index contributed by atoms with van der Waals surface area (Å²) < 4.78 is 3.35. The van der Waals surface area contributed by atoms with Gasteiger partial charge in [0.2, 0.25) is 5.82 Å². The lowest BCUT2D eigenvalue weighted by Crippen LogP contribution is -2.11. The highest BCUT2D eigenvalue weighted by molar-refractivity contribution is 5.52. The normalized spacial score (nSPS) is 11.2. The summed E-state index contributed by atoms with van der Waals surface area (Å²) >= 11 is 0. The first-order valence-corrected chi connectivity index (χ1v) is 5.67. The Bertz CT molecular complexity index is 597. The molecule has 0 saturated heterocycles. The minimum absolute atomic E-state index is 0.0322. The van der Waals surface area contributed by atoms with Crippen molar-refractivity contribution in [3.63, 3.8) is 0 Å². The van der Waals surface area contributed by atoms with E-state index < -0.39 is 4.92 Å². The van der Waals surface area contributed by atoms with Crippen molar-refractivity contribution < 1.29 is 4.92 Å². The van der Waals surface area contributed by atoms with E-state index in [1.165, 1.54) is 0 Å². The van der Waals surface area contributed by atoms with Crippen LogP contribution in [0.25, 0.3) is 5.82 Å². The molecule has 18 heavy (non-hydrogen) atoms. The van der Waals surface area contributed by atoms with Crippen LogP contribution in [0.5, 0.6) is 0 Å². The summed E-state index contributed by atoms with van der Waals surface area (Å²) in [5.74, 6) is 1.16. The maximum atomic E-state index is 11.2. The van der Waals surface area contributed by atoms with Gasteiger partial charge in [0.25, 0.3) is 0 Å². The fourth-order valence-corrected chi connectivity index (χ4v) is 1.93. The predicted molar refractivity (Wildman–Crippen MR) is 65.9 cm³/mol. The highest BCUT2D eigenvalue weighted by atomic mass is 16.6. The number of imidazole rings is 1. The number of nitrogens with zero attached hydrogens (tertiary/aromatic N) is 5. The van der Waals surface area contributed by atoms with Crippen LogP contribution in [0.1, 0.15) is 31.4 Å². The van der Waals surface area contributed by atoms with E-state index in [-0.39, 0.29) is 11.7 Å². The molecule has 0 unspecified atom stereocenters. The van der Waals surface area contributed by atoms with Crippen molar-refractivity contribution in [1.82, 2.24) is 19.3 Å². The largest absolute Gasteiger partial charge is 0.334 e. The van der Waals surface area contributed by atoms with Gasteiger partial charge in [0.15, 0.2) is 0 Å². The lowest BCUT2D eigenvalue weighted by molar-refractivity contribution is -0.385. The lowest BCUT2D eigenvalue weighted by atomic mass is 10.3. The van der Waals surface area contributed by atoms with E-state index in [1.807, 2.05) is 13.8 Å². The van der Waals surface area contributed by atoms with Crippen molar-refractivity contribution in [2.45, 2.75) is 33.7 Å². The Kier molecular flexibility index (Phi) is 2.90. The van der Waals surface area contributed by atoms with Gasteiger partial charge in [0.1, 0.15) is 11.5 Å². The Morgan fingerprint density at radius 3 is 2.50 bits per heavy atom. The molecule has 0 amide bonds. The SMILES string of the molecule is Cc1nn(C(C)C)c(-n2ccnc2C)c1[N+](=O)[O-]. The van der Waals surface area contributed by atoms with Crippen molar-refractivity contribution >= 4 is 5.69 Å².